The van der Waals surface area contributed by atoms with Gasteiger partial charge >= 0.3 is 11.9 Å². The maximum absolute atomic E-state index is 13.1. The van der Waals surface area contributed by atoms with Crippen molar-refractivity contribution in [2.75, 3.05) is 64.4 Å². The van der Waals surface area contributed by atoms with Crippen molar-refractivity contribution in [1.29, 1.82) is 0 Å². The molecule has 0 radical (unpaired) electrons. The molecule has 2 saturated heterocycles. The van der Waals surface area contributed by atoms with E-state index in [1.165, 1.54) is 10.1 Å². The lowest BCUT2D eigenvalue weighted by molar-refractivity contribution is -0.186. The molecule has 4 fully saturated rings. The summed E-state index contributed by atoms with van der Waals surface area (Å²) in [7, 11) is 1.70. The number of hydrogen-bond acceptors (Lipinski definition) is 11. The van der Waals surface area contributed by atoms with Gasteiger partial charge in [0.2, 0.25) is 17.8 Å². The zero-order valence-electron chi connectivity index (χ0n) is 35.6. The van der Waals surface area contributed by atoms with Gasteiger partial charge in [-0.25, -0.2) is 9.78 Å². The van der Waals surface area contributed by atoms with Crippen LogP contribution in [0.25, 0.3) is 22.1 Å². The molecule has 2 saturated carbocycles. The number of benzene rings is 1. The molecule has 18 heteroatoms. The highest BCUT2D eigenvalue weighted by Crippen LogP contribution is 2.42. The topological polar surface area (TPSA) is 161 Å². The number of aliphatic hydroxyl groups is 1. The number of carbonyl (C=O) groups excluding carboxylic acids is 2. The van der Waals surface area contributed by atoms with Crippen molar-refractivity contribution in [3.8, 4) is 0 Å². The van der Waals surface area contributed by atoms with Crippen LogP contribution in [0.15, 0.2) is 35.4 Å². The van der Waals surface area contributed by atoms with Gasteiger partial charge < -0.3 is 24.6 Å². The molecule has 1 atom stereocenters. The average molecular weight is 868 g/mol. The predicted octanol–water partition coefficient (Wildman–Crippen LogP) is 5.38. The van der Waals surface area contributed by atoms with Crippen molar-refractivity contribution in [3.05, 3.63) is 52.2 Å². The Bertz CT molecular complexity index is 2230. The number of halogens is 3. The molecule has 338 valence electrons. The van der Waals surface area contributed by atoms with Gasteiger partial charge in [0.05, 0.1) is 36.8 Å². The largest absolute Gasteiger partial charge is 0.393 e. The number of alkyl halides is 3. The molecule has 1 aromatic carbocycles. The summed E-state index contributed by atoms with van der Waals surface area (Å²) in [6, 6.07) is 5.34. The van der Waals surface area contributed by atoms with Crippen molar-refractivity contribution in [2.45, 2.75) is 114 Å². The molecule has 3 N–H and O–H groups in total. The van der Waals surface area contributed by atoms with E-state index >= 15 is 0 Å². The fourth-order valence-electron chi connectivity index (χ4n) is 9.96. The maximum atomic E-state index is 13.1. The third-order valence-corrected chi connectivity index (χ3v) is 13.4. The Hall–Kier alpha value is -4.36. The summed E-state index contributed by atoms with van der Waals surface area (Å²) in [5, 5.41) is 18.3. The van der Waals surface area contributed by atoms with Crippen LogP contribution in [0.5, 0.6) is 0 Å². The van der Waals surface area contributed by atoms with Gasteiger partial charge in [0.15, 0.2) is 0 Å². The minimum atomic E-state index is -4.25. The van der Waals surface area contributed by atoms with Crippen molar-refractivity contribution in [3.63, 3.8) is 0 Å². The van der Waals surface area contributed by atoms with E-state index in [4.69, 9.17) is 14.6 Å². The molecule has 0 bridgehead atoms. The average Bonchev–Trinajstić information content (AvgIpc) is 3.74. The molecule has 4 aliphatic rings. The fourth-order valence-corrected chi connectivity index (χ4v) is 9.96. The normalized spacial score (nSPS) is 24.6. The molecule has 2 amide bonds. The van der Waals surface area contributed by atoms with E-state index in [9.17, 15) is 32.7 Å². The van der Waals surface area contributed by atoms with Crippen molar-refractivity contribution in [1.82, 2.24) is 38.9 Å². The molecule has 62 heavy (non-hydrogen) atoms. The molecule has 2 aliphatic heterocycles. The summed E-state index contributed by atoms with van der Waals surface area (Å²) in [5.41, 5.74) is 4.23. The van der Waals surface area contributed by atoms with Gasteiger partial charge in [0.1, 0.15) is 11.7 Å². The molecule has 8 rings (SSSR count). The van der Waals surface area contributed by atoms with Crippen LogP contribution in [0.3, 0.4) is 0 Å². The molecule has 0 unspecified atom stereocenters. The summed E-state index contributed by atoms with van der Waals surface area (Å²) >= 11 is 0. The van der Waals surface area contributed by atoms with Crippen LogP contribution in [0.2, 0.25) is 0 Å². The number of piperidine rings is 1. The zero-order valence-corrected chi connectivity index (χ0v) is 35.6. The number of rotatable bonds is 16. The highest BCUT2D eigenvalue weighted by Gasteiger charge is 2.33. The summed E-state index contributed by atoms with van der Waals surface area (Å²) in [4.78, 5) is 54.9. The van der Waals surface area contributed by atoms with E-state index in [2.05, 4.69) is 31.3 Å². The highest BCUT2D eigenvalue weighted by molar-refractivity contribution is 6.00. The Kier molecular flexibility index (Phi) is 14.0. The van der Waals surface area contributed by atoms with Crippen LogP contribution >= 0.6 is 0 Å². The summed E-state index contributed by atoms with van der Waals surface area (Å²) < 4.78 is 49.5. The predicted molar refractivity (Wildman–Crippen MR) is 227 cm³/mol. The number of anilines is 1. The lowest BCUT2D eigenvalue weighted by Gasteiger charge is -2.37. The van der Waals surface area contributed by atoms with Crippen molar-refractivity contribution < 1.29 is 37.4 Å². The molecule has 4 aromatic rings. The number of imidazole rings is 1. The van der Waals surface area contributed by atoms with Gasteiger partial charge in [-0.1, -0.05) is 6.07 Å². The van der Waals surface area contributed by atoms with Gasteiger partial charge in [-0.05, 0) is 106 Å². The minimum absolute atomic E-state index is 0.189. The first kappa shape index (κ1) is 44.3. The number of carbonyl (C=O) groups is 2. The number of aryl methyl sites for hydroxylation is 2. The first-order chi connectivity index (χ1) is 29.9. The van der Waals surface area contributed by atoms with Crippen LogP contribution in [0.1, 0.15) is 106 Å². The first-order valence-electron chi connectivity index (χ1n) is 22.5. The van der Waals surface area contributed by atoms with Crippen molar-refractivity contribution >= 4 is 39.8 Å². The quantitative estimate of drug-likeness (QED) is 0.0981. The van der Waals surface area contributed by atoms with Crippen LogP contribution in [0.4, 0.5) is 19.1 Å². The van der Waals surface area contributed by atoms with Crippen LogP contribution in [-0.4, -0.2) is 122 Å². The van der Waals surface area contributed by atoms with Gasteiger partial charge in [-0.15, -0.1) is 0 Å². The van der Waals surface area contributed by atoms with E-state index in [1.807, 2.05) is 23.3 Å². The van der Waals surface area contributed by atoms with E-state index in [-0.39, 0.29) is 42.7 Å². The zero-order chi connectivity index (χ0) is 43.4. The standard InChI is InChI=1S/C44H60F3N9O6/c1-52-38-25-29(6-13-36(38)56(43(52)60)37-14-15-39(58)50-41(37)59)3-2-22-61-23-24-62-54-20-18-53(19-21-54)27-30-4-7-31(8-5-30)35-28-55(32-9-11-33(57)12-10-32)40-34(35)26-49-42(51-40)48-17-16-44(45,46)47/h6,13,25-26,28,30-33,37,57H,2-5,7-12,14-24,27H2,1H3,(H,48,49,51)(H,50,58,59)/t30?,31?,32?,33?,37-/m0/s1. The molecule has 15 nitrogen and oxygen atoms in total. The highest BCUT2D eigenvalue weighted by atomic mass is 19.4. The van der Waals surface area contributed by atoms with Crippen LogP contribution < -0.4 is 16.3 Å². The third kappa shape index (κ3) is 10.5. The van der Waals surface area contributed by atoms with E-state index in [0.717, 1.165) is 119 Å². The summed E-state index contributed by atoms with van der Waals surface area (Å²) in [5.74, 6) is 0.454. The summed E-state index contributed by atoms with van der Waals surface area (Å²) in [6.07, 6.45) is 8.15. The molecular formula is C44H60F3N9O6. The molecular weight excluding hydrogens is 808 g/mol. The smallest absolute Gasteiger partial charge is 0.390 e. The van der Waals surface area contributed by atoms with Crippen LogP contribution in [-0.2, 0) is 32.6 Å². The van der Waals surface area contributed by atoms with Crippen molar-refractivity contribution in [2.24, 2.45) is 13.0 Å². The maximum Gasteiger partial charge on any atom is 0.390 e. The van der Waals surface area contributed by atoms with Gasteiger partial charge in [0, 0.05) is 83.2 Å². The number of ether oxygens (including phenoxy) is 1. The molecule has 0 spiro atoms. The van der Waals surface area contributed by atoms with E-state index < -0.39 is 24.5 Å². The Morgan fingerprint density at radius 1 is 0.935 bits per heavy atom. The third-order valence-electron chi connectivity index (χ3n) is 13.4. The van der Waals surface area contributed by atoms with E-state index in [1.54, 1.807) is 17.8 Å². The Morgan fingerprint density at radius 2 is 1.71 bits per heavy atom. The number of hydroxylamine groups is 2. The SMILES string of the molecule is Cn1c(=O)n([C@H]2CCC(=O)NC2=O)c2ccc(CCCOCCON3CCN(CC4CCC(c5cn(C6CCC(O)CC6)c6nc(NCCC(F)(F)F)ncc56)CC4)CC3)cc21. The number of nitrogens with zero attached hydrogens (tertiary/aromatic N) is 7. The summed E-state index contributed by atoms with van der Waals surface area (Å²) in [6.45, 7) is 5.96. The van der Waals surface area contributed by atoms with E-state index in [0.29, 0.717) is 43.6 Å². The second-order valence-electron chi connectivity index (χ2n) is 17.7. The number of nitrogens with one attached hydrogen (secondary N) is 2. The molecule has 5 heterocycles. The number of fused-ring (bicyclic) bond motifs is 2. The second kappa shape index (κ2) is 19.6. The Morgan fingerprint density at radius 3 is 2.45 bits per heavy atom. The fraction of sp³-hybridized carbons (Fsp3) is 0.659. The number of aromatic nitrogens is 5. The Balaban J connectivity index is 0.737. The second-order valence-corrected chi connectivity index (χ2v) is 17.7. The molecule has 3 aromatic heterocycles. The van der Waals surface area contributed by atoms with Gasteiger partial charge in [-0.3, -0.25) is 28.9 Å². The lowest BCUT2D eigenvalue weighted by Crippen LogP contribution is -2.48. The van der Waals surface area contributed by atoms with Gasteiger partial charge in [-0.2, -0.15) is 23.2 Å². The minimum Gasteiger partial charge on any atom is -0.393 e. The molecule has 2 aliphatic carbocycles. The van der Waals surface area contributed by atoms with Gasteiger partial charge in [0.25, 0.3) is 0 Å². The number of amides is 2. The Labute approximate surface area is 358 Å². The van der Waals surface area contributed by atoms with Crippen LogP contribution in [0, 0.1) is 5.92 Å². The number of piperazine rings is 1. The monoisotopic (exact) mass is 867 g/mol. The first-order valence-corrected chi connectivity index (χ1v) is 22.5. The number of aliphatic hydroxyl groups excluding tert-OH is 1. The number of hydrogen-bond donors (Lipinski definition) is 3. The number of imide groups is 1. The lowest BCUT2D eigenvalue weighted by atomic mass is 9.78.